The third-order valence-corrected chi connectivity index (χ3v) is 3.73. The SMILES string of the molecule is CC(C)CCS(=O)(=O)NCC(O)CC(C)(C)C. The fraction of sp³-hybridized carbons (Fsp3) is 1.00. The third kappa shape index (κ3) is 10.7. The molecule has 2 N–H and O–H groups in total. The lowest BCUT2D eigenvalue weighted by Crippen LogP contribution is -2.35. The van der Waals surface area contributed by atoms with Gasteiger partial charge in [-0.25, -0.2) is 13.1 Å². The van der Waals surface area contributed by atoms with Crippen LogP contribution in [0.4, 0.5) is 0 Å². The highest BCUT2D eigenvalue weighted by atomic mass is 32.2. The number of hydrogen-bond acceptors (Lipinski definition) is 3. The van der Waals surface area contributed by atoms with E-state index in [9.17, 15) is 13.5 Å². The van der Waals surface area contributed by atoms with Crippen LogP contribution in [0.25, 0.3) is 0 Å². The van der Waals surface area contributed by atoms with Gasteiger partial charge in [0.15, 0.2) is 0 Å². The average Bonchev–Trinajstić information content (AvgIpc) is 2.09. The van der Waals surface area contributed by atoms with Crippen LogP contribution in [0, 0.1) is 11.3 Å². The molecule has 17 heavy (non-hydrogen) atoms. The minimum absolute atomic E-state index is 0.00277. The molecule has 1 atom stereocenters. The molecule has 0 rings (SSSR count). The summed E-state index contributed by atoms with van der Waals surface area (Å²) in [6.07, 6.45) is 0.605. The molecule has 1 unspecified atom stereocenters. The van der Waals surface area contributed by atoms with Gasteiger partial charge < -0.3 is 5.11 Å². The Hall–Kier alpha value is -0.130. The molecule has 0 fully saturated rings. The Morgan fingerprint density at radius 1 is 1.24 bits per heavy atom. The van der Waals surface area contributed by atoms with Gasteiger partial charge in [-0.1, -0.05) is 34.6 Å². The van der Waals surface area contributed by atoms with Gasteiger partial charge in [0.2, 0.25) is 10.0 Å². The fourth-order valence-corrected chi connectivity index (χ4v) is 2.84. The molecule has 0 aliphatic heterocycles. The van der Waals surface area contributed by atoms with Crippen molar-refractivity contribution in [2.75, 3.05) is 12.3 Å². The standard InChI is InChI=1S/C12H27NO3S/c1-10(2)6-7-17(15,16)13-9-11(14)8-12(3,4)5/h10-11,13-14H,6-9H2,1-5H3. The molecule has 0 saturated heterocycles. The van der Waals surface area contributed by atoms with Crippen molar-refractivity contribution < 1.29 is 13.5 Å². The van der Waals surface area contributed by atoms with Crippen LogP contribution in [0.15, 0.2) is 0 Å². The Balaban J connectivity index is 4.01. The van der Waals surface area contributed by atoms with Crippen LogP contribution in [-0.2, 0) is 10.0 Å². The second kappa shape index (κ2) is 6.71. The average molecular weight is 265 g/mol. The summed E-state index contributed by atoms with van der Waals surface area (Å²) in [5.41, 5.74) is 0.00277. The number of aliphatic hydroxyl groups excluding tert-OH is 1. The third-order valence-electron chi connectivity index (χ3n) is 2.35. The molecule has 0 aromatic heterocycles. The van der Waals surface area contributed by atoms with E-state index in [0.717, 1.165) is 0 Å². The van der Waals surface area contributed by atoms with Gasteiger partial charge >= 0.3 is 0 Å². The van der Waals surface area contributed by atoms with E-state index in [-0.39, 0.29) is 17.7 Å². The summed E-state index contributed by atoms with van der Waals surface area (Å²) in [7, 11) is -3.24. The van der Waals surface area contributed by atoms with Crippen LogP contribution in [0.3, 0.4) is 0 Å². The summed E-state index contributed by atoms with van der Waals surface area (Å²) in [6.45, 7) is 10.1. The second-order valence-electron chi connectivity index (χ2n) is 6.27. The summed E-state index contributed by atoms with van der Waals surface area (Å²) >= 11 is 0. The largest absolute Gasteiger partial charge is 0.392 e. The minimum atomic E-state index is -3.24. The van der Waals surface area contributed by atoms with E-state index in [1.807, 2.05) is 34.6 Å². The van der Waals surface area contributed by atoms with Gasteiger partial charge in [-0.2, -0.15) is 0 Å². The molecule has 0 radical (unpaired) electrons. The molecule has 0 aromatic rings. The number of aliphatic hydroxyl groups is 1. The van der Waals surface area contributed by atoms with Gasteiger partial charge in [0, 0.05) is 6.54 Å². The van der Waals surface area contributed by atoms with Crippen molar-refractivity contribution in [3.8, 4) is 0 Å². The summed E-state index contributed by atoms with van der Waals surface area (Å²) in [5, 5.41) is 9.70. The van der Waals surface area contributed by atoms with Crippen molar-refractivity contribution in [2.24, 2.45) is 11.3 Å². The molecule has 0 saturated carbocycles. The van der Waals surface area contributed by atoms with Crippen molar-refractivity contribution >= 4 is 10.0 Å². The fourth-order valence-electron chi connectivity index (χ4n) is 1.47. The van der Waals surface area contributed by atoms with Gasteiger partial charge in [0.1, 0.15) is 0 Å². The van der Waals surface area contributed by atoms with E-state index < -0.39 is 16.1 Å². The first-order chi connectivity index (χ1) is 7.52. The summed E-state index contributed by atoms with van der Waals surface area (Å²) in [5.74, 6) is 0.499. The first kappa shape index (κ1) is 16.9. The van der Waals surface area contributed by atoms with Crippen molar-refractivity contribution in [2.45, 2.75) is 53.6 Å². The molecule has 0 heterocycles. The topological polar surface area (TPSA) is 66.4 Å². The Morgan fingerprint density at radius 2 is 1.76 bits per heavy atom. The van der Waals surface area contributed by atoms with Crippen LogP contribution in [-0.4, -0.2) is 31.9 Å². The first-order valence-electron chi connectivity index (χ1n) is 6.17. The monoisotopic (exact) mass is 265 g/mol. The zero-order valence-corrected chi connectivity index (χ0v) is 12.5. The number of sulfonamides is 1. The quantitative estimate of drug-likeness (QED) is 0.737. The lowest BCUT2D eigenvalue weighted by molar-refractivity contribution is 0.125. The Bertz CT molecular complexity index is 304. The van der Waals surface area contributed by atoms with Gasteiger partial charge in [-0.3, -0.25) is 0 Å². The zero-order valence-electron chi connectivity index (χ0n) is 11.7. The molecular weight excluding hydrogens is 238 g/mol. The van der Waals surface area contributed by atoms with E-state index >= 15 is 0 Å². The first-order valence-corrected chi connectivity index (χ1v) is 7.82. The molecule has 0 bridgehead atoms. The summed E-state index contributed by atoms with van der Waals surface area (Å²) < 4.78 is 25.6. The van der Waals surface area contributed by atoms with E-state index in [2.05, 4.69) is 4.72 Å². The van der Waals surface area contributed by atoms with Gasteiger partial charge in [0.25, 0.3) is 0 Å². The smallest absolute Gasteiger partial charge is 0.211 e. The summed E-state index contributed by atoms with van der Waals surface area (Å²) in [4.78, 5) is 0. The maximum Gasteiger partial charge on any atom is 0.211 e. The van der Waals surface area contributed by atoms with Crippen LogP contribution in [0.2, 0.25) is 0 Å². The lowest BCUT2D eigenvalue weighted by Gasteiger charge is -2.22. The molecular formula is C12H27NO3S. The summed E-state index contributed by atoms with van der Waals surface area (Å²) in [6, 6.07) is 0. The minimum Gasteiger partial charge on any atom is -0.392 e. The van der Waals surface area contributed by atoms with Crippen LogP contribution < -0.4 is 4.72 Å². The Labute approximate surface area is 106 Å². The van der Waals surface area contributed by atoms with E-state index in [0.29, 0.717) is 18.8 Å². The molecule has 104 valence electrons. The highest BCUT2D eigenvalue weighted by Crippen LogP contribution is 2.20. The highest BCUT2D eigenvalue weighted by Gasteiger charge is 2.19. The maximum absolute atomic E-state index is 11.6. The molecule has 0 spiro atoms. The second-order valence-corrected chi connectivity index (χ2v) is 8.19. The van der Waals surface area contributed by atoms with Crippen molar-refractivity contribution in [1.82, 2.24) is 4.72 Å². The number of rotatable bonds is 7. The van der Waals surface area contributed by atoms with Gasteiger partial charge in [0.05, 0.1) is 11.9 Å². The molecule has 0 aliphatic rings. The van der Waals surface area contributed by atoms with E-state index in [4.69, 9.17) is 0 Å². The van der Waals surface area contributed by atoms with E-state index in [1.165, 1.54) is 0 Å². The van der Waals surface area contributed by atoms with Crippen molar-refractivity contribution in [3.05, 3.63) is 0 Å². The number of hydrogen-bond donors (Lipinski definition) is 2. The van der Waals surface area contributed by atoms with Crippen LogP contribution in [0.1, 0.15) is 47.5 Å². The molecule has 0 amide bonds. The lowest BCUT2D eigenvalue weighted by atomic mass is 9.89. The normalized spacial score (nSPS) is 15.2. The van der Waals surface area contributed by atoms with Gasteiger partial charge in [-0.15, -0.1) is 0 Å². The zero-order chi connectivity index (χ0) is 13.7. The maximum atomic E-state index is 11.6. The van der Waals surface area contributed by atoms with Crippen molar-refractivity contribution in [1.29, 1.82) is 0 Å². The van der Waals surface area contributed by atoms with Crippen molar-refractivity contribution in [3.63, 3.8) is 0 Å². The van der Waals surface area contributed by atoms with Gasteiger partial charge in [-0.05, 0) is 24.2 Å². The number of nitrogens with one attached hydrogen (secondary N) is 1. The highest BCUT2D eigenvalue weighted by molar-refractivity contribution is 7.89. The Kier molecular flexibility index (Phi) is 6.66. The van der Waals surface area contributed by atoms with Crippen LogP contribution >= 0.6 is 0 Å². The Morgan fingerprint density at radius 3 is 2.18 bits per heavy atom. The molecule has 5 heteroatoms. The predicted octanol–water partition coefficient (Wildman–Crippen LogP) is 1.75. The molecule has 0 aromatic carbocycles. The van der Waals surface area contributed by atoms with Crippen LogP contribution in [0.5, 0.6) is 0 Å². The predicted molar refractivity (Wildman–Crippen MR) is 71.3 cm³/mol. The molecule has 4 nitrogen and oxygen atoms in total. The molecule has 0 aliphatic carbocycles. The van der Waals surface area contributed by atoms with E-state index in [1.54, 1.807) is 0 Å².